The Kier molecular flexibility index (Phi) is 0.974. The number of carbonyl (C=O) groups is 1. The molecule has 0 atom stereocenters. The van der Waals surface area contributed by atoms with Crippen LogP contribution in [0.1, 0.15) is 16.1 Å². The van der Waals surface area contributed by atoms with Gasteiger partial charge in [0.05, 0.1) is 12.8 Å². The molecule has 1 aliphatic rings. The predicted molar refractivity (Wildman–Crippen MR) is 37.3 cm³/mol. The maximum absolute atomic E-state index is 11.0. The van der Waals surface area contributed by atoms with E-state index in [0.29, 0.717) is 6.54 Å². The van der Waals surface area contributed by atoms with Gasteiger partial charge in [-0.1, -0.05) is 0 Å². The third-order valence-corrected chi connectivity index (χ3v) is 1.56. The van der Waals surface area contributed by atoms with Gasteiger partial charge in [-0.15, -0.1) is 0 Å². The third kappa shape index (κ3) is 0.603. The summed E-state index contributed by atoms with van der Waals surface area (Å²) >= 11 is 0. The first-order valence-corrected chi connectivity index (χ1v) is 3.08. The summed E-state index contributed by atoms with van der Waals surface area (Å²) in [4.78, 5) is 17.8. The zero-order valence-corrected chi connectivity index (χ0v) is 5.29. The van der Waals surface area contributed by atoms with Crippen LogP contribution in [0, 0.1) is 0 Å². The van der Waals surface area contributed by atoms with Crippen molar-refractivity contribution in [1.82, 2.24) is 4.98 Å². The van der Waals surface area contributed by atoms with E-state index in [1.807, 2.05) is 0 Å². The van der Waals surface area contributed by atoms with E-state index in [-0.39, 0.29) is 5.78 Å². The number of ketones is 1. The molecule has 50 valence electrons. The van der Waals surface area contributed by atoms with Gasteiger partial charge in [-0.3, -0.25) is 9.79 Å². The molecule has 1 aromatic heterocycles. The van der Waals surface area contributed by atoms with Crippen LogP contribution < -0.4 is 0 Å². The molecule has 1 aliphatic heterocycles. The molecule has 1 aromatic rings. The molecule has 1 N–H and O–H groups in total. The van der Waals surface area contributed by atoms with Crippen molar-refractivity contribution in [2.75, 3.05) is 0 Å². The number of fused-ring (bicyclic) bond motifs is 1. The van der Waals surface area contributed by atoms with Gasteiger partial charge in [0.25, 0.3) is 0 Å². The average molecular weight is 134 g/mol. The fourth-order valence-electron chi connectivity index (χ4n) is 1.05. The standard InChI is InChI=1S/C7H6N2O/c10-7-4-8-3-6-5(7)1-2-9-6/h1-2,4,9H,3H2. The molecule has 10 heavy (non-hydrogen) atoms. The number of aromatic nitrogens is 1. The Morgan fingerprint density at radius 3 is 3.30 bits per heavy atom. The summed E-state index contributed by atoms with van der Waals surface area (Å²) in [5.74, 6) is 0.00231. The van der Waals surface area contributed by atoms with Crippen LogP contribution in [-0.4, -0.2) is 17.0 Å². The van der Waals surface area contributed by atoms with E-state index < -0.39 is 0 Å². The van der Waals surface area contributed by atoms with E-state index in [9.17, 15) is 4.79 Å². The van der Waals surface area contributed by atoms with Gasteiger partial charge < -0.3 is 4.98 Å². The normalized spacial score (nSPS) is 15.4. The molecule has 3 nitrogen and oxygen atoms in total. The highest BCUT2D eigenvalue weighted by molar-refractivity contribution is 6.36. The summed E-state index contributed by atoms with van der Waals surface area (Å²) in [7, 11) is 0. The minimum atomic E-state index is 0.00231. The Bertz CT molecular complexity index is 298. The minimum Gasteiger partial charge on any atom is -0.363 e. The van der Waals surface area contributed by atoms with Crippen LogP contribution in [0.25, 0.3) is 0 Å². The molecule has 2 rings (SSSR count). The summed E-state index contributed by atoms with van der Waals surface area (Å²) in [6, 6.07) is 1.78. The fourth-order valence-corrected chi connectivity index (χ4v) is 1.05. The molecule has 0 unspecified atom stereocenters. The van der Waals surface area contributed by atoms with E-state index >= 15 is 0 Å². The number of hydrogen-bond donors (Lipinski definition) is 1. The highest BCUT2D eigenvalue weighted by Crippen LogP contribution is 2.11. The van der Waals surface area contributed by atoms with Crippen LogP contribution in [0.2, 0.25) is 0 Å². The second kappa shape index (κ2) is 1.80. The van der Waals surface area contributed by atoms with Gasteiger partial charge >= 0.3 is 0 Å². The van der Waals surface area contributed by atoms with Gasteiger partial charge in [-0.05, 0) is 6.07 Å². The Morgan fingerprint density at radius 2 is 2.50 bits per heavy atom. The summed E-state index contributed by atoms with van der Waals surface area (Å²) < 4.78 is 0. The van der Waals surface area contributed by atoms with Gasteiger partial charge in [0.1, 0.15) is 0 Å². The SMILES string of the molecule is O=C1C=NCc2[nH]ccc21. The van der Waals surface area contributed by atoms with E-state index in [0.717, 1.165) is 11.3 Å². The Labute approximate surface area is 57.8 Å². The summed E-state index contributed by atoms with van der Waals surface area (Å²) in [6.45, 7) is 0.605. The van der Waals surface area contributed by atoms with Crippen molar-refractivity contribution in [2.24, 2.45) is 4.99 Å². The summed E-state index contributed by atoms with van der Waals surface area (Å²) in [5.41, 5.74) is 1.68. The van der Waals surface area contributed by atoms with Crippen molar-refractivity contribution < 1.29 is 4.79 Å². The van der Waals surface area contributed by atoms with Crippen molar-refractivity contribution in [3.8, 4) is 0 Å². The van der Waals surface area contributed by atoms with E-state index in [1.54, 1.807) is 12.3 Å². The van der Waals surface area contributed by atoms with E-state index in [4.69, 9.17) is 0 Å². The number of Topliss-reactive ketones (excluding diaryl/α,β-unsaturated/α-hetero) is 1. The molecule has 0 spiro atoms. The maximum Gasteiger partial charge on any atom is 0.205 e. The van der Waals surface area contributed by atoms with Crippen LogP contribution in [0.4, 0.5) is 0 Å². The molecule has 3 heteroatoms. The number of nitrogens with zero attached hydrogens (tertiary/aromatic N) is 1. The van der Waals surface area contributed by atoms with Crippen LogP contribution >= 0.6 is 0 Å². The molecule has 0 amide bonds. The number of rotatable bonds is 0. The van der Waals surface area contributed by atoms with Gasteiger partial charge in [-0.25, -0.2) is 0 Å². The number of nitrogens with one attached hydrogen (secondary N) is 1. The second-order valence-electron chi connectivity index (χ2n) is 2.20. The van der Waals surface area contributed by atoms with Gasteiger partial charge in [0.2, 0.25) is 5.78 Å². The highest BCUT2D eigenvalue weighted by atomic mass is 16.1. The van der Waals surface area contributed by atoms with Gasteiger partial charge in [0.15, 0.2) is 0 Å². The maximum atomic E-state index is 11.0. The van der Waals surface area contributed by atoms with Crippen molar-refractivity contribution >= 4 is 12.0 Å². The zero-order chi connectivity index (χ0) is 6.97. The van der Waals surface area contributed by atoms with Gasteiger partial charge in [0, 0.05) is 17.5 Å². The first-order valence-electron chi connectivity index (χ1n) is 3.08. The largest absolute Gasteiger partial charge is 0.363 e. The molecule has 0 aliphatic carbocycles. The number of H-pyrrole nitrogens is 1. The van der Waals surface area contributed by atoms with Gasteiger partial charge in [-0.2, -0.15) is 0 Å². The Balaban J connectivity index is 2.58. The Hall–Kier alpha value is -1.38. The molecular weight excluding hydrogens is 128 g/mol. The predicted octanol–water partition coefficient (Wildman–Crippen LogP) is 0.782. The first-order chi connectivity index (χ1) is 4.88. The molecule has 0 bridgehead atoms. The molecule has 0 aromatic carbocycles. The summed E-state index contributed by atoms with van der Waals surface area (Å²) in [6.07, 6.45) is 3.13. The van der Waals surface area contributed by atoms with E-state index in [2.05, 4.69) is 9.98 Å². The average Bonchev–Trinajstić information content (AvgIpc) is 2.36. The lowest BCUT2D eigenvalue weighted by Crippen LogP contribution is -2.07. The first kappa shape index (κ1) is 5.41. The van der Waals surface area contributed by atoms with Crippen LogP contribution in [0.5, 0.6) is 0 Å². The molecular formula is C7H6N2O. The monoisotopic (exact) mass is 134 g/mol. The van der Waals surface area contributed by atoms with Crippen molar-refractivity contribution in [3.63, 3.8) is 0 Å². The topological polar surface area (TPSA) is 45.2 Å². The fraction of sp³-hybridized carbons (Fsp3) is 0.143. The van der Waals surface area contributed by atoms with Crippen LogP contribution in [-0.2, 0) is 6.54 Å². The molecule has 2 heterocycles. The summed E-state index contributed by atoms with van der Waals surface area (Å²) in [5, 5.41) is 0. The lowest BCUT2D eigenvalue weighted by Gasteiger charge is -2.01. The molecule has 0 radical (unpaired) electrons. The number of carbonyl (C=O) groups excluding carboxylic acids is 1. The number of aliphatic imine (C=N–C) groups is 1. The highest BCUT2D eigenvalue weighted by Gasteiger charge is 2.12. The third-order valence-electron chi connectivity index (χ3n) is 1.56. The number of aromatic amines is 1. The van der Waals surface area contributed by atoms with Crippen LogP contribution in [0.3, 0.4) is 0 Å². The lowest BCUT2D eigenvalue weighted by molar-refractivity contribution is 0.106. The lowest BCUT2D eigenvalue weighted by atomic mass is 10.1. The second-order valence-corrected chi connectivity index (χ2v) is 2.20. The molecule has 0 fully saturated rings. The van der Waals surface area contributed by atoms with Crippen molar-refractivity contribution in [3.05, 3.63) is 23.5 Å². The van der Waals surface area contributed by atoms with Crippen LogP contribution in [0.15, 0.2) is 17.3 Å². The quantitative estimate of drug-likeness (QED) is 0.560. The smallest absolute Gasteiger partial charge is 0.205 e. The van der Waals surface area contributed by atoms with Crippen molar-refractivity contribution in [1.29, 1.82) is 0 Å². The minimum absolute atomic E-state index is 0.00231. The van der Waals surface area contributed by atoms with E-state index in [1.165, 1.54) is 6.21 Å². The molecule has 0 saturated heterocycles. The zero-order valence-electron chi connectivity index (χ0n) is 5.29. The van der Waals surface area contributed by atoms with Crippen molar-refractivity contribution in [2.45, 2.75) is 6.54 Å². The molecule has 0 saturated carbocycles. The Morgan fingerprint density at radius 1 is 1.60 bits per heavy atom. The number of hydrogen-bond acceptors (Lipinski definition) is 2.